The second-order valence-corrected chi connectivity index (χ2v) is 5.90. The van der Waals surface area contributed by atoms with Crippen LogP contribution < -0.4 is 5.32 Å². The highest BCUT2D eigenvalue weighted by Gasteiger charge is 2.38. The molecule has 1 saturated heterocycles. The molecular weight excluding hydrogens is 254 g/mol. The lowest BCUT2D eigenvalue weighted by Crippen LogP contribution is -2.30. The smallest absolute Gasteiger partial charge is 0.293 e. The van der Waals surface area contributed by atoms with Crippen molar-refractivity contribution in [2.75, 3.05) is 13.1 Å². The first-order chi connectivity index (χ1) is 8.27. The Labute approximate surface area is 114 Å². The van der Waals surface area contributed by atoms with E-state index in [9.17, 15) is 9.59 Å². The summed E-state index contributed by atoms with van der Waals surface area (Å²) in [4.78, 5) is 20.7. The van der Waals surface area contributed by atoms with Gasteiger partial charge in [-0.1, -0.05) is 13.3 Å². The first-order valence-electron chi connectivity index (χ1n) is 6.29. The zero-order valence-corrected chi connectivity index (χ0v) is 12.5. The zero-order chi connectivity index (χ0) is 14.2. The average molecular weight is 278 g/mol. The molecule has 1 heterocycles. The number of halogens is 1. The lowest BCUT2D eigenvalue weighted by atomic mass is 9.84. The van der Waals surface area contributed by atoms with E-state index in [4.69, 9.17) is 11.6 Å². The molecule has 1 atom stereocenters. The minimum absolute atomic E-state index is 0.163. The van der Waals surface area contributed by atoms with E-state index < -0.39 is 0 Å². The Bertz CT molecular complexity index is 268. The Morgan fingerprint density at radius 2 is 2.11 bits per heavy atom. The molecular formula is C13H24ClNO3. The topological polar surface area (TPSA) is 55.4 Å². The highest BCUT2D eigenvalue weighted by atomic mass is 35.5. The van der Waals surface area contributed by atoms with Gasteiger partial charge in [0.15, 0.2) is 0 Å². The monoisotopic (exact) mass is 277 g/mol. The minimum Gasteiger partial charge on any atom is -0.462 e. The van der Waals surface area contributed by atoms with Crippen LogP contribution in [0.2, 0.25) is 0 Å². The van der Waals surface area contributed by atoms with E-state index in [1.54, 1.807) is 0 Å². The molecule has 0 bridgehead atoms. The summed E-state index contributed by atoms with van der Waals surface area (Å²) >= 11 is 5.54. The van der Waals surface area contributed by atoms with Gasteiger partial charge < -0.3 is 10.1 Å². The average Bonchev–Trinajstić information content (AvgIpc) is 2.67. The summed E-state index contributed by atoms with van der Waals surface area (Å²) in [7, 11) is 0. The molecule has 0 aromatic heterocycles. The third-order valence-corrected chi connectivity index (χ3v) is 3.19. The SMILES string of the molecule is CC(C)(C)OC=O.CCC[C@]1(C(=O)Cl)CCNC1. The summed E-state index contributed by atoms with van der Waals surface area (Å²) in [6.45, 7) is 9.70. The van der Waals surface area contributed by atoms with E-state index >= 15 is 0 Å². The van der Waals surface area contributed by atoms with Crippen LogP contribution in [-0.4, -0.2) is 30.4 Å². The third kappa shape index (κ3) is 6.36. The summed E-state index contributed by atoms with van der Waals surface area (Å²) in [6.07, 6.45) is 2.85. The largest absolute Gasteiger partial charge is 0.462 e. The van der Waals surface area contributed by atoms with Crippen molar-refractivity contribution in [2.45, 2.75) is 52.6 Å². The molecule has 0 unspecified atom stereocenters. The molecule has 1 aliphatic rings. The molecule has 5 heteroatoms. The number of nitrogens with one attached hydrogen (secondary N) is 1. The van der Waals surface area contributed by atoms with Crippen LogP contribution in [0, 0.1) is 5.41 Å². The molecule has 0 aromatic carbocycles. The first-order valence-corrected chi connectivity index (χ1v) is 6.67. The lowest BCUT2D eigenvalue weighted by molar-refractivity contribution is -0.138. The fourth-order valence-corrected chi connectivity index (χ4v) is 2.10. The van der Waals surface area contributed by atoms with Crippen LogP contribution in [0.15, 0.2) is 0 Å². The molecule has 1 aliphatic heterocycles. The van der Waals surface area contributed by atoms with E-state index in [1.165, 1.54) is 0 Å². The van der Waals surface area contributed by atoms with E-state index in [-0.39, 0.29) is 16.3 Å². The van der Waals surface area contributed by atoms with E-state index in [0.717, 1.165) is 32.4 Å². The molecule has 18 heavy (non-hydrogen) atoms. The van der Waals surface area contributed by atoms with Crippen LogP contribution in [0.1, 0.15) is 47.0 Å². The summed E-state index contributed by atoms with van der Waals surface area (Å²) < 4.78 is 4.55. The lowest BCUT2D eigenvalue weighted by Gasteiger charge is -2.21. The Morgan fingerprint density at radius 1 is 1.50 bits per heavy atom. The third-order valence-electron chi connectivity index (χ3n) is 2.79. The number of carbonyl (C=O) groups is 2. The number of hydrogen-bond acceptors (Lipinski definition) is 4. The summed E-state index contributed by atoms with van der Waals surface area (Å²) in [5, 5.41) is 3.01. The van der Waals surface area contributed by atoms with Gasteiger partial charge in [-0.15, -0.1) is 0 Å². The van der Waals surface area contributed by atoms with Gasteiger partial charge in [0.05, 0.1) is 5.41 Å². The maximum atomic E-state index is 11.1. The molecule has 0 amide bonds. The predicted octanol–water partition coefficient (Wildman–Crippen LogP) is 2.49. The van der Waals surface area contributed by atoms with E-state index in [1.807, 2.05) is 20.8 Å². The molecule has 0 aromatic rings. The number of carbonyl (C=O) groups excluding carboxylic acids is 2. The first kappa shape index (κ1) is 17.4. The maximum Gasteiger partial charge on any atom is 0.293 e. The van der Waals surface area contributed by atoms with Gasteiger partial charge in [0.1, 0.15) is 5.60 Å². The fraction of sp³-hybridized carbons (Fsp3) is 0.846. The van der Waals surface area contributed by atoms with Gasteiger partial charge in [-0.3, -0.25) is 9.59 Å². The molecule has 1 fully saturated rings. The molecule has 1 N–H and O–H groups in total. The fourth-order valence-electron chi connectivity index (χ4n) is 1.85. The Balaban J connectivity index is 0.000000360. The van der Waals surface area contributed by atoms with Crippen molar-refractivity contribution in [1.82, 2.24) is 5.32 Å². The quantitative estimate of drug-likeness (QED) is 0.634. The summed E-state index contributed by atoms with van der Waals surface area (Å²) in [5.41, 5.74) is -0.557. The van der Waals surface area contributed by atoms with Crippen molar-refractivity contribution in [3.8, 4) is 0 Å². The van der Waals surface area contributed by atoms with Gasteiger partial charge in [0.25, 0.3) is 6.47 Å². The normalized spacial score (nSPS) is 22.9. The summed E-state index contributed by atoms with van der Waals surface area (Å²) in [5.74, 6) is 0. The van der Waals surface area contributed by atoms with Crippen LogP contribution in [0.4, 0.5) is 0 Å². The van der Waals surface area contributed by atoms with Crippen LogP contribution >= 0.6 is 11.6 Å². The van der Waals surface area contributed by atoms with Gasteiger partial charge in [0.2, 0.25) is 5.24 Å². The maximum absolute atomic E-state index is 11.1. The van der Waals surface area contributed by atoms with Gasteiger partial charge >= 0.3 is 0 Å². The van der Waals surface area contributed by atoms with Crippen LogP contribution in [0.25, 0.3) is 0 Å². The second-order valence-electron chi connectivity index (χ2n) is 5.56. The van der Waals surface area contributed by atoms with Crippen LogP contribution in [0.3, 0.4) is 0 Å². The van der Waals surface area contributed by atoms with Gasteiger partial charge in [-0.05, 0) is 51.8 Å². The molecule has 4 nitrogen and oxygen atoms in total. The highest BCUT2D eigenvalue weighted by Crippen LogP contribution is 2.33. The molecule has 0 saturated carbocycles. The standard InChI is InChI=1S/C8H14ClNO.C5H10O2/c1-2-3-8(7(9)11)4-5-10-6-8;1-5(2,3)7-4-6/h10H,2-6H2,1H3;4H,1-3H3/t8-;/m0./s1. The number of rotatable bonds is 4. The molecule has 106 valence electrons. The van der Waals surface area contributed by atoms with Gasteiger partial charge in [-0.25, -0.2) is 0 Å². The van der Waals surface area contributed by atoms with Gasteiger partial charge in [0, 0.05) is 6.54 Å². The minimum atomic E-state index is -0.318. The molecule has 0 spiro atoms. The molecule has 0 aliphatic carbocycles. The summed E-state index contributed by atoms with van der Waals surface area (Å²) in [6, 6.07) is 0. The molecule has 1 rings (SSSR count). The molecule has 0 radical (unpaired) electrons. The Kier molecular flexibility index (Phi) is 7.48. The Morgan fingerprint density at radius 3 is 2.33 bits per heavy atom. The van der Waals surface area contributed by atoms with Crippen molar-refractivity contribution < 1.29 is 14.3 Å². The number of ether oxygens (including phenoxy) is 1. The predicted molar refractivity (Wildman–Crippen MR) is 72.6 cm³/mol. The van der Waals surface area contributed by atoms with Crippen molar-refractivity contribution >= 4 is 23.3 Å². The van der Waals surface area contributed by atoms with Gasteiger partial charge in [-0.2, -0.15) is 0 Å². The second kappa shape index (κ2) is 7.74. The van der Waals surface area contributed by atoms with Crippen LogP contribution in [0.5, 0.6) is 0 Å². The van der Waals surface area contributed by atoms with Crippen molar-refractivity contribution in [3.63, 3.8) is 0 Å². The van der Waals surface area contributed by atoms with Crippen molar-refractivity contribution in [3.05, 3.63) is 0 Å². The Hall–Kier alpha value is -0.610. The van der Waals surface area contributed by atoms with E-state index in [2.05, 4.69) is 17.0 Å². The van der Waals surface area contributed by atoms with Crippen molar-refractivity contribution in [2.24, 2.45) is 5.41 Å². The van der Waals surface area contributed by atoms with Crippen LogP contribution in [-0.2, 0) is 14.3 Å². The number of hydrogen-bond donors (Lipinski definition) is 1. The zero-order valence-electron chi connectivity index (χ0n) is 11.7. The van der Waals surface area contributed by atoms with E-state index in [0.29, 0.717) is 6.47 Å². The van der Waals surface area contributed by atoms with Crippen molar-refractivity contribution in [1.29, 1.82) is 0 Å². The highest BCUT2D eigenvalue weighted by molar-refractivity contribution is 6.64.